The summed E-state index contributed by atoms with van der Waals surface area (Å²) in [6, 6.07) is 88.8. The van der Waals surface area contributed by atoms with Crippen molar-refractivity contribution in [1.29, 1.82) is 0 Å². The molecule has 4 nitrogen and oxygen atoms in total. The van der Waals surface area contributed by atoms with Crippen molar-refractivity contribution in [1.82, 2.24) is 4.57 Å². The second-order valence-electron chi connectivity index (χ2n) is 19.2. The Balaban J connectivity index is 1.04. The van der Waals surface area contributed by atoms with Gasteiger partial charge >= 0.3 is 0 Å². The van der Waals surface area contributed by atoms with E-state index in [1.165, 1.54) is 80.2 Å². The summed E-state index contributed by atoms with van der Waals surface area (Å²) in [5.41, 5.74) is 14.6. The Morgan fingerprint density at radius 2 is 0.986 bits per heavy atom. The van der Waals surface area contributed by atoms with E-state index < -0.39 is 0 Å². The van der Waals surface area contributed by atoms with Gasteiger partial charge in [0.1, 0.15) is 11.3 Å². The molecule has 14 aromatic rings. The zero-order chi connectivity index (χ0) is 48.0. The van der Waals surface area contributed by atoms with Crippen LogP contribution in [0.2, 0.25) is 0 Å². The fourth-order valence-electron chi connectivity index (χ4n) is 11.8. The molecule has 0 saturated carbocycles. The topological polar surface area (TPSA) is 24.6 Å². The largest absolute Gasteiger partial charge is 0.456 e. The van der Waals surface area contributed by atoms with Crippen LogP contribution in [0.1, 0.15) is 17.7 Å². The van der Waals surface area contributed by atoms with Gasteiger partial charge in [-0.25, -0.2) is 0 Å². The van der Waals surface area contributed by atoms with Crippen molar-refractivity contribution < 1.29 is 4.42 Å². The van der Waals surface area contributed by atoms with Crippen LogP contribution in [-0.2, 0) is 6.42 Å². The third-order valence-electron chi connectivity index (χ3n) is 15.0. The highest BCUT2D eigenvalue weighted by molar-refractivity contribution is 7.25. The second-order valence-corrected chi connectivity index (χ2v) is 20.2. The first-order valence-corrected chi connectivity index (χ1v) is 25.9. The van der Waals surface area contributed by atoms with E-state index in [1.54, 1.807) is 0 Å². The molecule has 0 radical (unpaired) electrons. The quantitative estimate of drug-likeness (QED) is 0.152. The average Bonchev–Trinajstić information content (AvgIpc) is 4.13. The molecular formula is C68H45N3OS. The fourth-order valence-corrected chi connectivity index (χ4v) is 12.9. The lowest BCUT2D eigenvalue weighted by Gasteiger charge is -2.30. The van der Waals surface area contributed by atoms with Crippen molar-refractivity contribution in [3.63, 3.8) is 0 Å². The highest BCUT2D eigenvalue weighted by Crippen LogP contribution is 2.49. The molecule has 11 aromatic carbocycles. The first-order valence-electron chi connectivity index (χ1n) is 25.1. The number of furan rings is 1. The number of benzene rings is 11. The van der Waals surface area contributed by atoms with Crippen molar-refractivity contribution in [2.45, 2.75) is 12.8 Å². The van der Waals surface area contributed by atoms with Gasteiger partial charge in [0.25, 0.3) is 0 Å². The lowest BCUT2D eigenvalue weighted by molar-refractivity contribution is 0.595. The van der Waals surface area contributed by atoms with E-state index in [1.807, 2.05) is 11.3 Å². The van der Waals surface area contributed by atoms with Gasteiger partial charge < -0.3 is 18.8 Å². The smallest absolute Gasteiger partial charge is 0.135 e. The summed E-state index contributed by atoms with van der Waals surface area (Å²) in [7, 11) is 0. The zero-order valence-corrected chi connectivity index (χ0v) is 40.6. The summed E-state index contributed by atoms with van der Waals surface area (Å²) in [5, 5.41) is 11.1. The number of allylic oxidation sites excluding steroid dienone is 1. The van der Waals surface area contributed by atoms with Crippen LogP contribution >= 0.6 is 11.3 Å². The summed E-state index contributed by atoms with van der Waals surface area (Å²) in [6.45, 7) is 0. The maximum absolute atomic E-state index is 6.65. The molecule has 0 saturated heterocycles. The van der Waals surface area contributed by atoms with Gasteiger partial charge in [0.15, 0.2) is 0 Å². The van der Waals surface area contributed by atoms with Gasteiger partial charge in [-0.1, -0.05) is 152 Å². The Kier molecular flexibility index (Phi) is 9.54. The standard InChI is InChI=1S/C68H45N3OS/c1-4-19-46(20-5-1)69(47-21-6-2-7-22-47)51-38-45(39-52(40-51)70(48-23-8-3-9-24-48)49-34-37-66-61(41-49)57-28-15-17-31-65(57)73-66)60-43-62-67(58-29-13-12-26-54(58)60)59-35-32-44-18-10-11-25-53(44)68(59)71(62)50-33-36-56-55-27-14-16-30-63(55)72-64(56)42-50/h1-32,34-35,37-43H,33,36H2. The van der Waals surface area contributed by atoms with E-state index >= 15 is 0 Å². The minimum atomic E-state index is 0.874. The maximum Gasteiger partial charge on any atom is 0.135 e. The number of hydrogen-bond donors (Lipinski definition) is 0. The molecule has 5 heteroatoms. The molecular weight excluding hydrogens is 907 g/mol. The Hall–Kier alpha value is -9.16. The Morgan fingerprint density at radius 3 is 1.71 bits per heavy atom. The highest BCUT2D eigenvalue weighted by Gasteiger charge is 2.26. The average molecular weight is 952 g/mol. The molecule has 1 aliphatic carbocycles. The van der Waals surface area contributed by atoms with E-state index in [0.717, 1.165) is 69.4 Å². The third kappa shape index (κ3) is 6.73. The Morgan fingerprint density at radius 1 is 0.397 bits per heavy atom. The zero-order valence-electron chi connectivity index (χ0n) is 39.7. The van der Waals surface area contributed by atoms with Crippen molar-refractivity contribution in [3.8, 4) is 11.1 Å². The molecule has 3 aromatic heterocycles. The summed E-state index contributed by atoms with van der Waals surface area (Å²) in [5.74, 6) is 0.951. The molecule has 1 aliphatic rings. The van der Waals surface area contributed by atoms with E-state index in [0.29, 0.717) is 0 Å². The lowest BCUT2D eigenvalue weighted by Crippen LogP contribution is -2.13. The van der Waals surface area contributed by atoms with Crippen molar-refractivity contribution in [3.05, 3.63) is 254 Å². The summed E-state index contributed by atoms with van der Waals surface area (Å²) >= 11 is 1.85. The Bertz CT molecular complexity index is 4470. The van der Waals surface area contributed by atoms with Crippen molar-refractivity contribution in [2.75, 3.05) is 9.80 Å². The number of nitrogens with zero attached hydrogens (tertiary/aromatic N) is 3. The van der Waals surface area contributed by atoms with Gasteiger partial charge in [-0.05, 0) is 131 Å². The van der Waals surface area contributed by atoms with E-state index in [4.69, 9.17) is 4.42 Å². The Labute approximate surface area is 426 Å². The number of thiophene rings is 1. The molecule has 0 bridgehead atoms. The number of fused-ring (bicyclic) bond motifs is 13. The summed E-state index contributed by atoms with van der Waals surface area (Å²) < 4.78 is 11.8. The number of aryl methyl sites for hydroxylation is 1. The molecule has 0 unspecified atom stereocenters. The van der Waals surface area contributed by atoms with Crippen LogP contribution in [0, 0.1) is 0 Å². The van der Waals surface area contributed by atoms with Crippen LogP contribution in [0.15, 0.2) is 247 Å². The van der Waals surface area contributed by atoms with Crippen LogP contribution in [0.5, 0.6) is 0 Å². The van der Waals surface area contributed by atoms with Crippen LogP contribution in [0.3, 0.4) is 0 Å². The summed E-state index contributed by atoms with van der Waals surface area (Å²) in [6.07, 6.45) is 4.09. The molecule has 0 fully saturated rings. The molecule has 0 spiro atoms. The SMILES string of the molecule is C1=C(n2c3cc(-c4cc(N(c5ccccc5)c5ccccc5)cc(N(c5ccccc5)c5ccc6sc7ccccc7c6c5)c4)c4ccccc4c3c3ccc4ccccc4c32)CCc2c1oc1ccccc21. The second kappa shape index (κ2) is 16.7. The first-order chi connectivity index (χ1) is 36.2. The molecule has 3 heterocycles. The number of rotatable bonds is 8. The normalized spacial score (nSPS) is 12.6. The van der Waals surface area contributed by atoms with Crippen LogP contribution in [-0.4, -0.2) is 4.57 Å². The first kappa shape index (κ1) is 41.6. The van der Waals surface area contributed by atoms with Gasteiger partial charge in [-0.2, -0.15) is 0 Å². The highest BCUT2D eigenvalue weighted by atomic mass is 32.1. The predicted octanol–water partition coefficient (Wildman–Crippen LogP) is 19.8. The fraction of sp³-hybridized carbons (Fsp3) is 0.0294. The number of para-hydroxylation sites is 4. The molecule has 15 rings (SSSR count). The van der Waals surface area contributed by atoms with E-state index in [9.17, 15) is 0 Å². The van der Waals surface area contributed by atoms with Crippen molar-refractivity contribution in [2.24, 2.45) is 0 Å². The van der Waals surface area contributed by atoms with E-state index in [2.05, 4.69) is 263 Å². The molecule has 0 atom stereocenters. The minimum absolute atomic E-state index is 0.874. The molecule has 0 amide bonds. The lowest BCUT2D eigenvalue weighted by atomic mass is 9.93. The predicted molar refractivity (Wildman–Crippen MR) is 311 cm³/mol. The van der Waals surface area contributed by atoms with Gasteiger partial charge in [-0.15, -0.1) is 11.3 Å². The van der Waals surface area contributed by atoms with Crippen LogP contribution in [0.25, 0.3) is 97.4 Å². The van der Waals surface area contributed by atoms with E-state index in [-0.39, 0.29) is 0 Å². The molecule has 73 heavy (non-hydrogen) atoms. The monoisotopic (exact) mass is 951 g/mol. The molecule has 344 valence electrons. The van der Waals surface area contributed by atoms with Crippen LogP contribution < -0.4 is 9.80 Å². The number of hydrogen-bond acceptors (Lipinski definition) is 4. The number of anilines is 6. The number of aromatic nitrogens is 1. The summed E-state index contributed by atoms with van der Waals surface area (Å²) in [4.78, 5) is 4.84. The molecule has 0 N–H and O–H groups in total. The maximum atomic E-state index is 6.65. The van der Waals surface area contributed by atoms with Crippen molar-refractivity contribution >= 4 is 132 Å². The van der Waals surface area contributed by atoms with Gasteiger partial charge in [0.05, 0.1) is 11.0 Å². The van der Waals surface area contributed by atoms with Gasteiger partial charge in [0.2, 0.25) is 0 Å². The molecule has 0 aliphatic heterocycles. The minimum Gasteiger partial charge on any atom is -0.456 e. The van der Waals surface area contributed by atoms with Gasteiger partial charge in [-0.3, -0.25) is 0 Å². The van der Waals surface area contributed by atoms with Crippen LogP contribution in [0.4, 0.5) is 34.1 Å². The third-order valence-corrected chi connectivity index (χ3v) is 16.1. The van der Waals surface area contributed by atoms with Gasteiger partial charge in [0, 0.05) is 93.2 Å².